The standard InChI is InChI=1S/C14H26N4O2S2/c1-7-15-13(17-9-14(4,5)22(6,19)20)16-8-12-10(2)18-11(3)21-12/h7-9H2,1-6H3,(H2,15,16,17). The molecular weight excluding hydrogens is 320 g/mol. The van der Waals surface area contributed by atoms with Crippen LogP contribution in [0.15, 0.2) is 4.99 Å². The van der Waals surface area contributed by atoms with Crippen LogP contribution in [0, 0.1) is 13.8 Å². The van der Waals surface area contributed by atoms with Crippen molar-refractivity contribution in [2.75, 3.05) is 19.3 Å². The Morgan fingerprint density at radius 2 is 1.95 bits per heavy atom. The largest absolute Gasteiger partial charge is 0.357 e. The van der Waals surface area contributed by atoms with E-state index >= 15 is 0 Å². The first-order chi connectivity index (χ1) is 10.1. The van der Waals surface area contributed by atoms with Gasteiger partial charge in [-0.2, -0.15) is 0 Å². The fourth-order valence-corrected chi connectivity index (χ4v) is 2.84. The van der Waals surface area contributed by atoms with Gasteiger partial charge in [-0.15, -0.1) is 11.3 Å². The number of aryl methyl sites for hydroxylation is 2. The van der Waals surface area contributed by atoms with E-state index in [0.717, 1.165) is 15.6 Å². The Labute approximate surface area is 137 Å². The Morgan fingerprint density at radius 1 is 1.32 bits per heavy atom. The minimum atomic E-state index is -3.14. The highest BCUT2D eigenvalue weighted by Gasteiger charge is 2.30. The lowest BCUT2D eigenvalue weighted by Crippen LogP contribution is -2.47. The number of sulfone groups is 1. The van der Waals surface area contributed by atoms with Crippen LogP contribution in [0.4, 0.5) is 0 Å². The lowest BCUT2D eigenvalue weighted by molar-refractivity contribution is 0.544. The van der Waals surface area contributed by atoms with Crippen molar-refractivity contribution in [3.05, 3.63) is 15.6 Å². The molecule has 126 valence electrons. The molecule has 0 atom stereocenters. The van der Waals surface area contributed by atoms with E-state index in [4.69, 9.17) is 0 Å². The van der Waals surface area contributed by atoms with Crippen molar-refractivity contribution < 1.29 is 8.42 Å². The maximum absolute atomic E-state index is 11.7. The maximum atomic E-state index is 11.7. The predicted octanol–water partition coefficient (Wildman–Crippen LogP) is 1.64. The molecule has 1 rings (SSSR count). The fourth-order valence-electron chi connectivity index (χ4n) is 1.64. The van der Waals surface area contributed by atoms with E-state index in [1.165, 1.54) is 6.26 Å². The van der Waals surface area contributed by atoms with Gasteiger partial charge in [0.2, 0.25) is 0 Å². The Hall–Kier alpha value is -1.15. The van der Waals surface area contributed by atoms with Crippen molar-refractivity contribution in [1.82, 2.24) is 15.6 Å². The van der Waals surface area contributed by atoms with E-state index in [-0.39, 0.29) is 0 Å². The quantitative estimate of drug-likeness (QED) is 0.604. The van der Waals surface area contributed by atoms with Crippen molar-refractivity contribution in [3.8, 4) is 0 Å². The van der Waals surface area contributed by atoms with Crippen LogP contribution in [0.1, 0.15) is 36.3 Å². The van der Waals surface area contributed by atoms with E-state index < -0.39 is 14.6 Å². The minimum Gasteiger partial charge on any atom is -0.357 e. The van der Waals surface area contributed by atoms with Crippen molar-refractivity contribution in [1.29, 1.82) is 0 Å². The van der Waals surface area contributed by atoms with E-state index in [2.05, 4.69) is 20.6 Å². The zero-order valence-corrected chi connectivity index (χ0v) is 15.8. The lowest BCUT2D eigenvalue weighted by Gasteiger charge is -2.24. The van der Waals surface area contributed by atoms with Crippen LogP contribution in [0.25, 0.3) is 0 Å². The molecule has 0 aromatic carbocycles. The Bertz CT molecular complexity index is 633. The van der Waals surface area contributed by atoms with Gasteiger partial charge in [0.15, 0.2) is 15.8 Å². The van der Waals surface area contributed by atoms with Crippen LogP contribution in [0.5, 0.6) is 0 Å². The molecule has 0 unspecified atom stereocenters. The van der Waals surface area contributed by atoms with Gasteiger partial charge in [-0.05, 0) is 34.6 Å². The van der Waals surface area contributed by atoms with Gasteiger partial charge in [0, 0.05) is 24.2 Å². The molecule has 0 radical (unpaired) electrons. The van der Waals surface area contributed by atoms with Gasteiger partial charge in [0.1, 0.15) is 0 Å². The molecule has 0 spiro atoms. The monoisotopic (exact) mass is 346 g/mol. The molecule has 6 nitrogen and oxygen atoms in total. The second-order valence-corrected chi connectivity index (χ2v) is 9.76. The molecule has 22 heavy (non-hydrogen) atoms. The van der Waals surface area contributed by atoms with E-state index in [1.54, 1.807) is 25.2 Å². The summed E-state index contributed by atoms with van der Waals surface area (Å²) in [5.41, 5.74) is 0.999. The first kappa shape index (κ1) is 18.9. The predicted molar refractivity (Wildman–Crippen MR) is 93.3 cm³/mol. The van der Waals surface area contributed by atoms with Gasteiger partial charge in [-0.3, -0.25) is 0 Å². The molecule has 0 bridgehead atoms. The molecule has 0 saturated heterocycles. The summed E-state index contributed by atoms with van der Waals surface area (Å²) in [7, 11) is -3.14. The van der Waals surface area contributed by atoms with Crippen molar-refractivity contribution in [2.45, 2.75) is 45.9 Å². The molecule has 1 aromatic heterocycles. The minimum absolute atomic E-state index is 0.304. The smallest absolute Gasteiger partial charge is 0.191 e. The third-order valence-corrected chi connectivity index (χ3v) is 6.62. The van der Waals surface area contributed by atoms with Gasteiger partial charge in [0.05, 0.1) is 22.0 Å². The van der Waals surface area contributed by atoms with Crippen molar-refractivity contribution >= 4 is 27.1 Å². The number of aromatic nitrogens is 1. The average molecular weight is 347 g/mol. The van der Waals surface area contributed by atoms with Crippen molar-refractivity contribution in [2.24, 2.45) is 4.99 Å². The van der Waals surface area contributed by atoms with Gasteiger partial charge in [-0.1, -0.05) is 0 Å². The average Bonchev–Trinajstić information content (AvgIpc) is 2.70. The summed E-state index contributed by atoms with van der Waals surface area (Å²) in [6, 6.07) is 0. The molecule has 2 N–H and O–H groups in total. The second-order valence-electron chi connectivity index (χ2n) is 5.82. The second kappa shape index (κ2) is 7.41. The zero-order chi connectivity index (χ0) is 17.0. The van der Waals surface area contributed by atoms with Crippen LogP contribution in [0.3, 0.4) is 0 Å². The number of nitrogens with one attached hydrogen (secondary N) is 2. The topological polar surface area (TPSA) is 83.4 Å². The highest BCUT2D eigenvalue weighted by Crippen LogP contribution is 2.18. The fraction of sp³-hybridized carbons (Fsp3) is 0.714. The molecule has 0 amide bonds. The summed E-state index contributed by atoms with van der Waals surface area (Å²) in [5, 5.41) is 7.27. The molecule has 1 aromatic rings. The number of aliphatic imine (C=N–C) groups is 1. The summed E-state index contributed by atoms with van der Waals surface area (Å²) in [5.74, 6) is 0.615. The zero-order valence-electron chi connectivity index (χ0n) is 14.1. The number of nitrogens with zero attached hydrogens (tertiary/aromatic N) is 2. The van der Waals surface area contributed by atoms with Crippen LogP contribution in [-0.2, 0) is 16.4 Å². The van der Waals surface area contributed by atoms with E-state index in [0.29, 0.717) is 25.6 Å². The third kappa shape index (κ3) is 5.24. The molecule has 0 aliphatic carbocycles. The van der Waals surface area contributed by atoms with Gasteiger partial charge < -0.3 is 10.6 Å². The summed E-state index contributed by atoms with van der Waals surface area (Å²) < 4.78 is 22.6. The summed E-state index contributed by atoms with van der Waals surface area (Å²) in [6.45, 7) is 10.9. The number of thiazole rings is 1. The molecule has 1 heterocycles. The molecule has 0 saturated carbocycles. The molecule has 0 fully saturated rings. The lowest BCUT2D eigenvalue weighted by atomic mass is 10.2. The molecule has 0 aliphatic rings. The van der Waals surface area contributed by atoms with Crippen LogP contribution < -0.4 is 10.6 Å². The number of rotatable bonds is 6. The molecular formula is C14H26N4O2S2. The number of hydrogen-bond donors (Lipinski definition) is 2. The first-order valence-corrected chi connectivity index (χ1v) is 9.92. The summed E-state index contributed by atoms with van der Waals surface area (Å²) >= 11 is 1.63. The maximum Gasteiger partial charge on any atom is 0.191 e. The summed E-state index contributed by atoms with van der Waals surface area (Å²) in [6.07, 6.45) is 1.25. The van der Waals surface area contributed by atoms with E-state index in [9.17, 15) is 8.42 Å². The van der Waals surface area contributed by atoms with Gasteiger partial charge in [0.25, 0.3) is 0 Å². The summed E-state index contributed by atoms with van der Waals surface area (Å²) in [4.78, 5) is 10.0. The van der Waals surface area contributed by atoms with Crippen LogP contribution >= 0.6 is 11.3 Å². The highest BCUT2D eigenvalue weighted by molar-refractivity contribution is 7.92. The van der Waals surface area contributed by atoms with E-state index in [1.807, 2.05) is 20.8 Å². The Kier molecular flexibility index (Phi) is 6.37. The number of hydrogen-bond acceptors (Lipinski definition) is 5. The molecule has 8 heteroatoms. The van der Waals surface area contributed by atoms with Gasteiger partial charge >= 0.3 is 0 Å². The third-order valence-electron chi connectivity index (χ3n) is 3.41. The molecule has 0 aliphatic heterocycles. The highest BCUT2D eigenvalue weighted by atomic mass is 32.2. The first-order valence-electron chi connectivity index (χ1n) is 7.21. The van der Waals surface area contributed by atoms with Crippen molar-refractivity contribution in [3.63, 3.8) is 0 Å². The SMILES string of the molecule is CCNC(=NCc1sc(C)nc1C)NCC(C)(C)S(C)(=O)=O. The Morgan fingerprint density at radius 3 is 2.41 bits per heavy atom. The number of guanidine groups is 1. The van der Waals surface area contributed by atoms with Crippen LogP contribution in [0.2, 0.25) is 0 Å². The normalized spacial score (nSPS) is 13.3. The van der Waals surface area contributed by atoms with Crippen LogP contribution in [-0.4, -0.2) is 43.5 Å². The Balaban J connectivity index is 2.77. The van der Waals surface area contributed by atoms with Gasteiger partial charge in [-0.25, -0.2) is 18.4 Å².